The molecule has 212 valence electrons. The largest absolute Gasteiger partial charge is 0.511 e. The topological polar surface area (TPSA) is 83.8 Å². The van der Waals surface area contributed by atoms with Gasteiger partial charge in [-0.1, -0.05) is 67.4 Å². The van der Waals surface area contributed by atoms with Crippen LogP contribution < -0.4 is 0 Å². The van der Waals surface area contributed by atoms with E-state index in [4.69, 9.17) is 4.74 Å². The summed E-state index contributed by atoms with van der Waals surface area (Å²) in [6.45, 7) is 16.6. The summed E-state index contributed by atoms with van der Waals surface area (Å²) in [5.74, 6) is -1.51. The zero-order valence-corrected chi connectivity index (χ0v) is 24.9. The van der Waals surface area contributed by atoms with E-state index in [1.54, 1.807) is 0 Å². The van der Waals surface area contributed by atoms with E-state index in [-0.39, 0.29) is 40.9 Å². The summed E-state index contributed by atoms with van der Waals surface area (Å²) in [5.41, 5.74) is 1.15. The van der Waals surface area contributed by atoms with Gasteiger partial charge in [-0.2, -0.15) is 0 Å². The highest BCUT2D eigenvalue weighted by Crippen LogP contribution is 2.62. The van der Waals surface area contributed by atoms with Gasteiger partial charge in [-0.15, -0.1) is 0 Å². The van der Waals surface area contributed by atoms with Crippen LogP contribution in [0.25, 0.3) is 0 Å². The van der Waals surface area contributed by atoms with Crippen LogP contribution >= 0.6 is 0 Å². The summed E-state index contributed by atoms with van der Waals surface area (Å²) in [5, 5.41) is 23.5. The van der Waals surface area contributed by atoms with Gasteiger partial charge in [0, 0.05) is 23.7 Å². The number of hydrogen-bond donors (Lipinski definition) is 2. The molecule has 5 rings (SSSR count). The Kier molecular flexibility index (Phi) is 6.73. The fourth-order valence-corrected chi connectivity index (χ4v) is 9.27. The third kappa shape index (κ3) is 3.89. The molecule has 4 aliphatic carbocycles. The van der Waals surface area contributed by atoms with E-state index in [0.717, 1.165) is 36.0 Å². The molecule has 1 saturated heterocycles. The molecule has 39 heavy (non-hydrogen) atoms. The number of carbonyl (C=O) groups excluding carboxylic acids is 2. The zero-order valence-electron chi connectivity index (χ0n) is 24.9. The van der Waals surface area contributed by atoms with Crippen LogP contribution in [0.2, 0.25) is 0 Å². The normalized spacial score (nSPS) is 47.4. The Balaban J connectivity index is 1.82. The monoisotopic (exact) mass is 534 g/mol. The molecule has 0 aromatic rings. The molecule has 0 aromatic heterocycles. The lowest BCUT2D eigenvalue weighted by atomic mass is 9.49. The molecule has 1 aliphatic heterocycles. The van der Waals surface area contributed by atoms with E-state index in [2.05, 4.69) is 65.8 Å². The van der Waals surface area contributed by atoms with Gasteiger partial charge >= 0.3 is 5.97 Å². The van der Waals surface area contributed by atoms with Crippen LogP contribution in [0.4, 0.5) is 0 Å². The van der Waals surface area contributed by atoms with Crippen LogP contribution in [0.5, 0.6) is 0 Å². The molecular weight excluding hydrogens is 488 g/mol. The SMILES string of the molecule is CC1=C[C@]2(C)/C=C(\C)CC/C=C(\C)[C@@H]3C(C)=C[C@H]4[C@H]([C@@H](C)CC[C@H]4O)[C@]3(C)C(O)=C3C(=O)O[C@]2(C[C@@H]1C)C3=O. The fourth-order valence-electron chi connectivity index (χ4n) is 9.27. The lowest BCUT2D eigenvalue weighted by Crippen LogP contribution is -2.54. The maximum absolute atomic E-state index is 14.6. The van der Waals surface area contributed by atoms with E-state index >= 15 is 0 Å². The third-order valence-electron chi connectivity index (χ3n) is 11.2. The van der Waals surface area contributed by atoms with Gasteiger partial charge in [-0.3, -0.25) is 4.79 Å². The van der Waals surface area contributed by atoms with Gasteiger partial charge in [0.25, 0.3) is 0 Å². The number of ketones is 1. The number of Topliss-reactive ketones (excluding diaryl/α,β-unsaturated/α-hetero) is 1. The first-order valence-corrected chi connectivity index (χ1v) is 14.8. The van der Waals surface area contributed by atoms with Crippen molar-refractivity contribution in [1.82, 2.24) is 0 Å². The molecule has 1 saturated carbocycles. The molecule has 9 atom stereocenters. The van der Waals surface area contributed by atoms with Gasteiger partial charge < -0.3 is 14.9 Å². The Morgan fingerprint density at radius 1 is 0.974 bits per heavy atom. The highest BCUT2D eigenvalue weighted by molar-refractivity contribution is 6.26. The highest BCUT2D eigenvalue weighted by Gasteiger charge is 2.66. The van der Waals surface area contributed by atoms with E-state index in [9.17, 15) is 19.8 Å². The molecule has 5 aliphatic rings. The quantitative estimate of drug-likeness (QED) is 0.200. The number of aliphatic hydroxyl groups is 2. The smallest absolute Gasteiger partial charge is 0.346 e. The standard InChI is InChI=1S/C34H46O5/c1-18-10-9-11-19(2)27-21(4)14-24-25(35)13-12-20(3)28(24)33(27,8)29(36)26-30(37)34(39-31(26)38)17-23(6)22(5)16-32(34,7)15-18/h11,14-16,20,23-25,27-28,35-36H,9-10,12-13,17H2,1-8H3/b18-15+,19-11+,29-26?/t20-,23-,24+,25+,27+,28-,32-,33+,34+/m0/s1. The fraction of sp³-hybridized carbons (Fsp3) is 0.647. The van der Waals surface area contributed by atoms with Crippen molar-refractivity contribution in [2.45, 2.75) is 99.2 Å². The highest BCUT2D eigenvalue weighted by atomic mass is 16.6. The van der Waals surface area contributed by atoms with Crippen molar-refractivity contribution >= 4 is 11.8 Å². The van der Waals surface area contributed by atoms with Gasteiger partial charge in [0.1, 0.15) is 11.3 Å². The van der Waals surface area contributed by atoms with Crippen molar-refractivity contribution in [3.8, 4) is 0 Å². The number of carbonyl (C=O) groups is 2. The Morgan fingerprint density at radius 3 is 2.36 bits per heavy atom. The molecule has 0 unspecified atom stereocenters. The molecule has 2 bridgehead atoms. The Labute approximate surface area is 233 Å². The van der Waals surface area contributed by atoms with E-state index < -0.39 is 34.3 Å². The predicted octanol–water partition coefficient (Wildman–Crippen LogP) is 6.95. The predicted molar refractivity (Wildman–Crippen MR) is 153 cm³/mol. The van der Waals surface area contributed by atoms with Crippen molar-refractivity contribution < 1.29 is 24.5 Å². The molecule has 0 amide bonds. The molecule has 0 radical (unpaired) electrons. The maximum Gasteiger partial charge on any atom is 0.346 e. The van der Waals surface area contributed by atoms with Crippen LogP contribution in [0.3, 0.4) is 0 Å². The summed E-state index contributed by atoms with van der Waals surface area (Å²) < 4.78 is 6.20. The zero-order chi connectivity index (χ0) is 28.7. The van der Waals surface area contributed by atoms with E-state index in [1.807, 2.05) is 13.8 Å². The molecule has 2 fully saturated rings. The molecule has 0 aromatic carbocycles. The minimum absolute atomic E-state index is 0.0608. The number of esters is 1. The van der Waals surface area contributed by atoms with Crippen LogP contribution in [0, 0.1) is 40.4 Å². The second kappa shape index (κ2) is 9.33. The number of aliphatic hydroxyl groups excluding tert-OH is 2. The van der Waals surface area contributed by atoms with E-state index in [0.29, 0.717) is 12.8 Å². The average molecular weight is 535 g/mol. The average Bonchev–Trinajstić information content (AvgIpc) is 3.09. The van der Waals surface area contributed by atoms with Gasteiger partial charge in [0.05, 0.1) is 11.5 Å². The molecule has 1 heterocycles. The summed E-state index contributed by atoms with van der Waals surface area (Å²) in [6.07, 6.45) is 11.7. The van der Waals surface area contributed by atoms with Gasteiger partial charge in [0.15, 0.2) is 5.60 Å². The summed E-state index contributed by atoms with van der Waals surface area (Å²) in [6, 6.07) is 0. The van der Waals surface area contributed by atoms with Gasteiger partial charge in [-0.25, -0.2) is 4.79 Å². The Hall–Kier alpha value is -2.40. The van der Waals surface area contributed by atoms with Crippen LogP contribution in [-0.2, 0) is 14.3 Å². The summed E-state index contributed by atoms with van der Waals surface area (Å²) in [4.78, 5) is 28.4. The van der Waals surface area contributed by atoms with Crippen LogP contribution in [0.1, 0.15) is 87.5 Å². The second-order valence-electron chi connectivity index (χ2n) is 13.9. The molecular formula is C34H46O5. The van der Waals surface area contributed by atoms with Crippen molar-refractivity contribution in [1.29, 1.82) is 0 Å². The van der Waals surface area contributed by atoms with Crippen molar-refractivity contribution in [2.24, 2.45) is 40.4 Å². The molecule has 5 nitrogen and oxygen atoms in total. The summed E-state index contributed by atoms with van der Waals surface area (Å²) >= 11 is 0. The lowest BCUT2D eigenvalue weighted by Gasteiger charge is -2.55. The number of allylic oxidation sites excluding steroid dienone is 6. The molecule has 2 N–H and O–H groups in total. The van der Waals surface area contributed by atoms with Crippen molar-refractivity contribution in [3.05, 3.63) is 57.9 Å². The second-order valence-corrected chi connectivity index (χ2v) is 13.9. The van der Waals surface area contributed by atoms with E-state index in [1.165, 1.54) is 5.57 Å². The molecule has 1 spiro atoms. The molecule has 5 heteroatoms. The summed E-state index contributed by atoms with van der Waals surface area (Å²) in [7, 11) is 0. The first-order valence-electron chi connectivity index (χ1n) is 14.8. The minimum atomic E-state index is -1.40. The number of hydrogen-bond acceptors (Lipinski definition) is 5. The Morgan fingerprint density at radius 2 is 1.67 bits per heavy atom. The van der Waals surface area contributed by atoms with Crippen molar-refractivity contribution in [2.75, 3.05) is 0 Å². The lowest BCUT2D eigenvalue weighted by molar-refractivity contribution is -0.162. The van der Waals surface area contributed by atoms with Crippen LogP contribution in [0.15, 0.2) is 57.9 Å². The Bertz CT molecular complexity index is 1260. The van der Waals surface area contributed by atoms with Crippen LogP contribution in [-0.4, -0.2) is 33.7 Å². The minimum Gasteiger partial charge on any atom is -0.511 e. The third-order valence-corrected chi connectivity index (χ3v) is 11.2. The first-order chi connectivity index (χ1) is 18.2. The van der Waals surface area contributed by atoms with Gasteiger partial charge in [-0.05, 0) is 78.1 Å². The first kappa shape index (κ1) is 28.1. The number of fused-ring (bicyclic) bond motifs is 4. The van der Waals surface area contributed by atoms with Gasteiger partial charge in [0.2, 0.25) is 5.78 Å². The number of ether oxygens (including phenoxy) is 1. The number of rotatable bonds is 0. The maximum atomic E-state index is 14.6. The van der Waals surface area contributed by atoms with Crippen molar-refractivity contribution in [3.63, 3.8) is 0 Å².